The van der Waals surface area contributed by atoms with Gasteiger partial charge in [-0.25, -0.2) is 4.98 Å². The summed E-state index contributed by atoms with van der Waals surface area (Å²) in [6, 6.07) is 3.65. The average Bonchev–Trinajstić information content (AvgIpc) is 2.94. The molecule has 0 fully saturated rings. The summed E-state index contributed by atoms with van der Waals surface area (Å²) in [7, 11) is 1.80. The third-order valence-electron chi connectivity index (χ3n) is 3.44. The van der Waals surface area contributed by atoms with Gasteiger partial charge < -0.3 is 9.47 Å². The van der Waals surface area contributed by atoms with E-state index >= 15 is 0 Å². The van der Waals surface area contributed by atoms with Crippen molar-refractivity contribution >= 4 is 5.91 Å². The molecule has 0 aliphatic heterocycles. The molecule has 0 saturated carbocycles. The Labute approximate surface area is 125 Å². The second-order valence-corrected chi connectivity index (χ2v) is 5.08. The van der Waals surface area contributed by atoms with E-state index in [1.807, 2.05) is 16.8 Å². The number of pyridine rings is 1. The minimum Gasteiger partial charge on any atom is -0.334 e. The molecule has 2 aromatic heterocycles. The number of hydrogen-bond donors (Lipinski definition) is 0. The Morgan fingerprint density at radius 2 is 2.10 bits per heavy atom. The molecule has 1 amide bonds. The van der Waals surface area contributed by atoms with Crippen molar-refractivity contribution in [3.8, 4) is 0 Å². The third-order valence-corrected chi connectivity index (χ3v) is 3.44. The number of amides is 1. The molecule has 2 heterocycles. The van der Waals surface area contributed by atoms with Gasteiger partial charge in [-0.15, -0.1) is 0 Å². The molecule has 2 rings (SSSR count). The lowest BCUT2D eigenvalue weighted by atomic mass is 10.1. The highest BCUT2D eigenvalue weighted by Crippen LogP contribution is 2.09. The van der Waals surface area contributed by atoms with E-state index in [0.717, 1.165) is 30.9 Å². The third kappa shape index (κ3) is 3.68. The van der Waals surface area contributed by atoms with E-state index in [0.29, 0.717) is 12.1 Å². The van der Waals surface area contributed by atoms with Crippen LogP contribution in [-0.4, -0.2) is 32.4 Å². The van der Waals surface area contributed by atoms with Crippen LogP contribution in [0, 0.1) is 0 Å². The molecule has 0 unspecified atom stereocenters. The van der Waals surface area contributed by atoms with Gasteiger partial charge in [0, 0.05) is 43.4 Å². The molecule has 0 aliphatic carbocycles. The van der Waals surface area contributed by atoms with Gasteiger partial charge in [0.25, 0.3) is 5.91 Å². The standard InChI is InChI=1S/C16H22N4O/c1-4-6-14-11-13(7-8-17-14)16(21)19(3)12-15-18-9-10-20(15)5-2/h7-11H,4-6,12H2,1-3H3. The first-order chi connectivity index (χ1) is 10.2. The number of nitrogens with zero attached hydrogens (tertiary/aromatic N) is 4. The highest BCUT2D eigenvalue weighted by molar-refractivity contribution is 5.94. The number of rotatable bonds is 6. The molecule has 2 aromatic rings. The smallest absolute Gasteiger partial charge is 0.254 e. The first-order valence-corrected chi connectivity index (χ1v) is 7.36. The monoisotopic (exact) mass is 286 g/mol. The van der Waals surface area contributed by atoms with Gasteiger partial charge in [0.15, 0.2) is 0 Å². The molecule has 0 spiro atoms. The number of hydrogen-bond acceptors (Lipinski definition) is 3. The fraction of sp³-hybridized carbons (Fsp3) is 0.438. The number of imidazole rings is 1. The lowest BCUT2D eigenvalue weighted by Crippen LogP contribution is -2.27. The second kappa shape index (κ2) is 7.02. The normalized spacial score (nSPS) is 10.6. The highest BCUT2D eigenvalue weighted by atomic mass is 16.2. The van der Waals surface area contributed by atoms with E-state index in [-0.39, 0.29) is 5.91 Å². The Morgan fingerprint density at radius 3 is 2.81 bits per heavy atom. The quantitative estimate of drug-likeness (QED) is 0.820. The van der Waals surface area contributed by atoms with Crippen molar-refractivity contribution in [1.82, 2.24) is 19.4 Å². The van der Waals surface area contributed by atoms with Crippen LogP contribution in [0.25, 0.3) is 0 Å². The molecule has 21 heavy (non-hydrogen) atoms. The van der Waals surface area contributed by atoms with Gasteiger partial charge in [-0.05, 0) is 25.5 Å². The molecule has 5 nitrogen and oxygen atoms in total. The summed E-state index contributed by atoms with van der Waals surface area (Å²) in [5.74, 6) is 0.900. The summed E-state index contributed by atoms with van der Waals surface area (Å²) in [6.07, 6.45) is 7.32. The minimum atomic E-state index is 0.000376. The SMILES string of the molecule is CCCc1cc(C(=O)N(C)Cc2nccn2CC)ccn1. The van der Waals surface area contributed by atoms with E-state index in [2.05, 4.69) is 23.8 Å². The van der Waals surface area contributed by atoms with Gasteiger partial charge in [-0.2, -0.15) is 0 Å². The Bertz CT molecular complexity index is 606. The predicted octanol–water partition coefficient (Wildman–Crippen LogP) is 2.52. The number of carbonyl (C=O) groups excluding carboxylic acids is 1. The van der Waals surface area contributed by atoms with Crippen LogP contribution in [-0.2, 0) is 19.5 Å². The molecular formula is C16H22N4O. The van der Waals surface area contributed by atoms with E-state index in [1.54, 1.807) is 30.4 Å². The number of carbonyl (C=O) groups is 1. The zero-order valence-electron chi connectivity index (χ0n) is 12.9. The maximum Gasteiger partial charge on any atom is 0.254 e. The van der Waals surface area contributed by atoms with Crippen LogP contribution >= 0.6 is 0 Å². The van der Waals surface area contributed by atoms with E-state index in [4.69, 9.17) is 0 Å². The molecule has 0 aromatic carbocycles. The summed E-state index contributed by atoms with van der Waals surface area (Å²) in [6.45, 7) is 5.53. The second-order valence-electron chi connectivity index (χ2n) is 5.08. The van der Waals surface area contributed by atoms with Crippen LogP contribution in [0.15, 0.2) is 30.7 Å². The van der Waals surface area contributed by atoms with Crippen molar-refractivity contribution in [3.05, 3.63) is 47.8 Å². The van der Waals surface area contributed by atoms with Crippen LogP contribution in [0.3, 0.4) is 0 Å². The van der Waals surface area contributed by atoms with Crippen LogP contribution in [0.1, 0.15) is 42.1 Å². The summed E-state index contributed by atoms with van der Waals surface area (Å²) >= 11 is 0. The first kappa shape index (κ1) is 15.2. The topological polar surface area (TPSA) is 51.0 Å². The highest BCUT2D eigenvalue weighted by Gasteiger charge is 2.14. The molecule has 112 valence electrons. The lowest BCUT2D eigenvalue weighted by molar-refractivity contribution is 0.0780. The average molecular weight is 286 g/mol. The van der Waals surface area contributed by atoms with Crippen molar-refractivity contribution in [2.45, 2.75) is 39.8 Å². The molecule has 0 aliphatic rings. The fourth-order valence-corrected chi connectivity index (χ4v) is 2.29. The summed E-state index contributed by atoms with van der Waals surface area (Å²) < 4.78 is 2.04. The van der Waals surface area contributed by atoms with Crippen LogP contribution < -0.4 is 0 Å². The van der Waals surface area contributed by atoms with Gasteiger partial charge in [0.1, 0.15) is 5.82 Å². The first-order valence-electron chi connectivity index (χ1n) is 7.36. The summed E-state index contributed by atoms with van der Waals surface area (Å²) in [4.78, 5) is 22.8. The van der Waals surface area contributed by atoms with Crippen LogP contribution in [0.4, 0.5) is 0 Å². The van der Waals surface area contributed by atoms with E-state index in [9.17, 15) is 4.79 Å². The molecule has 0 radical (unpaired) electrons. The molecule has 0 bridgehead atoms. The van der Waals surface area contributed by atoms with Gasteiger partial charge in [0.2, 0.25) is 0 Å². The Hall–Kier alpha value is -2.17. The molecule has 0 saturated heterocycles. The lowest BCUT2D eigenvalue weighted by Gasteiger charge is -2.17. The van der Waals surface area contributed by atoms with Crippen molar-refractivity contribution in [3.63, 3.8) is 0 Å². The maximum absolute atomic E-state index is 12.5. The van der Waals surface area contributed by atoms with Gasteiger partial charge in [0.05, 0.1) is 6.54 Å². The van der Waals surface area contributed by atoms with Crippen molar-refractivity contribution in [2.75, 3.05) is 7.05 Å². The summed E-state index contributed by atoms with van der Waals surface area (Å²) in [5.41, 5.74) is 1.65. The molecule has 5 heteroatoms. The van der Waals surface area contributed by atoms with Crippen LogP contribution in [0.2, 0.25) is 0 Å². The molecular weight excluding hydrogens is 264 g/mol. The predicted molar refractivity (Wildman–Crippen MR) is 81.9 cm³/mol. The zero-order chi connectivity index (χ0) is 15.2. The number of aryl methyl sites for hydroxylation is 2. The van der Waals surface area contributed by atoms with Crippen LogP contribution in [0.5, 0.6) is 0 Å². The maximum atomic E-state index is 12.5. The fourth-order valence-electron chi connectivity index (χ4n) is 2.29. The van der Waals surface area contributed by atoms with Gasteiger partial charge in [-0.1, -0.05) is 13.3 Å². The van der Waals surface area contributed by atoms with Gasteiger partial charge >= 0.3 is 0 Å². The van der Waals surface area contributed by atoms with E-state index < -0.39 is 0 Å². The molecule has 0 atom stereocenters. The van der Waals surface area contributed by atoms with Gasteiger partial charge in [-0.3, -0.25) is 9.78 Å². The molecule has 0 N–H and O–H groups in total. The largest absolute Gasteiger partial charge is 0.334 e. The van der Waals surface area contributed by atoms with E-state index in [1.165, 1.54) is 0 Å². The van der Waals surface area contributed by atoms with Crippen molar-refractivity contribution < 1.29 is 4.79 Å². The van der Waals surface area contributed by atoms with Crippen molar-refractivity contribution in [2.24, 2.45) is 0 Å². The summed E-state index contributed by atoms with van der Waals surface area (Å²) in [5, 5.41) is 0. The van der Waals surface area contributed by atoms with Crippen molar-refractivity contribution in [1.29, 1.82) is 0 Å². The number of aromatic nitrogens is 3. The minimum absolute atomic E-state index is 0.000376. The zero-order valence-corrected chi connectivity index (χ0v) is 12.9. The Kier molecular flexibility index (Phi) is 5.09. The Morgan fingerprint density at radius 1 is 1.29 bits per heavy atom. The Balaban J connectivity index is 2.10.